The number of hydrogen-bond donors (Lipinski definition) is 1. The Labute approximate surface area is 291 Å². The normalized spacial score (nSPS) is 12.9. The molecule has 0 heterocycles. The van der Waals surface area contributed by atoms with Gasteiger partial charge < -0.3 is 9.64 Å². The summed E-state index contributed by atoms with van der Waals surface area (Å²) in [6.45, 7) is 11.1. The summed E-state index contributed by atoms with van der Waals surface area (Å²) in [5, 5.41) is 2.09. The minimum atomic E-state index is -0.490. The van der Waals surface area contributed by atoms with Gasteiger partial charge in [-0.2, -0.15) is 0 Å². The van der Waals surface area contributed by atoms with Crippen molar-refractivity contribution in [2.75, 3.05) is 23.1 Å². The minimum Gasteiger partial charge on any atom is -0.464 e. The van der Waals surface area contributed by atoms with Gasteiger partial charge in [0.05, 0.1) is 12.3 Å². The van der Waals surface area contributed by atoms with Gasteiger partial charge in [0.25, 0.3) is 0 Å². The molecule has 0 saturated carbocycles. The monoisotopic (exact) mass is 655 g/mol. The Morgan fingerprint density at radius 2 is 1.37 bits per heavy atom. The van der Waals surface area contributed by atoms with E-state index >= 15 is 0 Å². The lowest BCUT2D eigenvalue weighted by atomic mass is 10.0. The summed E-state index contributed by atoms with van der Waals surface area (Å²) in [4.78, 5) is 29.0. The number of carbonyl (C=O) groups is 2. The Morgan fingerprint density at radius 1 is 0.776 bits per heavy atom. The van der Waals surface area contributed by atoms with E-state index in [0.717, 1.165) is 56.3 Å². The molecule has 2 aliphatic carbocycles. The van der Waals surface area contributed by atoms with Crippen LogP contribution in [-0.4, -0.2) is 37.1 Å². The Kier molecular flexibility index (Phi) is 10.9. The molecule has 6 rings (SSSR count). The second kappa shape index (κ2) is 15.7. The van der Waals surface area contributed by atoms with Crippen molar-refractivity contribution in [1.29, 1.82) is 0 Å². The average Bonchev–Trinajstić information content (AvgIpc) is 3.69. The maximum absolute atomic E-state index is 13.9. The third-order valence-electron chi connectivity index (χ3n) is 9.73. The van der Waals surface area contributed by atoms with Crippen LogP contribution in [0.25, 0.3) is 22.3 Å². The lowest BCUT2D eigenvalue weighted by Gasteiger charge is -2.35. The summed E-state index contributed by atoms with van der Waals surface area (Å²) in [5.41, 5.74) is 15.6. The van der Waals surface area contributed by atoms with Crippen molar-refractivity contribution in [3.63, 3.8) is 0 Å². The first kappa shape index (κ1) is 34.2. The van der Waals surface area contributed by atoms with Gasteiger partial charge >= 0.3 is 5.97 Å². The number of fused-ring (bicyclic) bond motifs is 6. The van der Waals surface area contributed by atoms with Crippen molar-refractivity contribution >= 4 is 23.3 Å². The van der Waals surface area contributed by atoms with Crippen LogP contribution in [0.2, 0.25) is 0 Å². The highest BCUT2D eigenvalue weighted by atomic mass is 16.5. The molecular weight excluding hydrogens is 606 g/mol. The summed E-state index contributed by atoms with van der Waals surface area (Å²) >= 11 is 0. The number of rotatable bonds is 16. The van der Waals surface area contributed by atoms with E-state index in [1.165, 1.54) is 50.6 Å². The van der Waals surface area contributed by atoms with Crippen LogP contribution in [0.1, 0.15) is 81.5 Å². The summed E-state index contributed by atoms with van der Waals surface area (Å²) in [6.07, 6.45) is 7.98. The summed E-state index contributed by atoms with van der Waals surface area (Å²) in [7, 11) is 0. The first-order valence-electron chi connectivity index (χ1n) is 18.0. The predicted molar refractivity (Wildman–Crippen MR) is 201 cm³/mol. The quantitative estimate of drug-likeness (QED) is 0.0488. The summed E-state index contributed by atoms with van der Waals surface area (Å²) in [5.74, 6) is -0.287. The molecule has 6 nitrogen and oxygen atoms in total. The lowest BCUT2D eigenvalue weighted by molar-refractivity contribution is -0.145. The molecule has 4 aromatic carbocycles. The number of ether oxygens (including phenoxy) is 1. The van der Waals surface area contributed by atoms with E-state index in [9.17, 15) is 9.59 Å². The lowest BCUT2D eigenvalue weighted by Crippen LogP contribution is -2.53. The Hall–Kier alpha value is -4.68. The Bertz CT molecular complexity index is 1810. The minimum absolute atomic E-state index is 0.0898. The van der Waals surface area contributed by atoms with Crippen LogP contribution in [-0.2, 0) is 27.2 Å². The molecule has 1 N–H and O–H groups in total. The van der Waals surface area contributed by atoms with Crippen molar-refractivity contribution in [3.05, 3.63) is 120 Å². The number of anilines is 2. The zero-order chi connectivity index (χ0) is 34.3. The second-order valence-corrected chi connectivity index (χ2v) is 13.5. The number of nitrogens with one attached hydrogen (secondary N) is 1. The molecule has 1 amide bonds. The van der Waals surface area contributed by atoms with Gasteiger partial charge in [0.2, 0.25) is 5.91 Å². The predicted octanol–water partition coefficient (Wildman–Crippen LogP) is 9.04. The molecule has 0 fully saturated rings. The van der Waals surface area contributed by atoms with Gasteiger partial charge in [-0.05, 0) is 95.8 Å². The molecule has 1 unspecified atom stereocenters. The number of benzene rings is 4. The molecule has 0 saturated heterocycles. The Balaban J connectivity index is 1.19. The molecule has 4 aromatic rings. The number of esters is 1. The van der Waals surface area contributed by atoms with Gasteiger partial charge in [-0.25, -0.2) is 10.2 Å². The highest BCUT2D eigenvalue weighted by Crippen LogP contribution is 2.43. The maximum Gasteiger partial charge on any atom is 0.330 e. The standard InChI is InChI=1S/C43H49N3O3/c1-5-7-27-49-43(48)41(46(44-30(3)4)40-25-16-22-36-34-20-13-11-18-32(34)29-38(36)40)23-9-8-14-26-45(42(47)6-2)39-24-15-21-35-33-19-12-10-17-31(33)28-37(35)39/h6,10-13,15-22,24-25,30,41,44H,2,5,7-9,14,23,26-29H2,1,3-4H3. The van der Waals surface area contributed by atoms with Crippen LogP contribution in [0.15, 0.2) is 97.6 Å². The van der Waals surface area contributed by atoms with E-state index in [2.05, 4.69) is 117 Å². The van der Waals surface area contributed by atoms with Crippen molar-refractivity contribution in [1.82, 2.24) is 5.43 Å². The zero-order valence-corrected chi connectivity index (χ0v) is 29.2. The van der Waals surface area contributed by atoms with Gasteiger partial charge in [-0.15, -0.1) is 0 Å². The third-order valence-corrected chi connectivity index (χ3v) is 9.73. The van der Waals surface area contributed by atoms with Gasteiger partial charge in [0, 0.05) is 31.1 Å². The van der Waals surface area contributed by atoms with E-state index < -0.39 is 6.04 Å². The van der Waals surface area contributed by atoms with E-state index in [1.54, 1.807) is 0 Å². The molecule has 0 radical (unpaired) electrons. The number of carbonyl (C=O) groups excluding carboxylic acids is 2. The van der Waals surface area contributed by atoms with Crippen molar-refractivity contribution < 1.29 is 14.3 Å². The SMILES string of the molecule is C=CC(=O)N(CCCCCC(C(=O)OCCCC)N(NC(C)C)c1cccc2c1Cc1ccccc1-2)c1cccc2c1Cc1ccccc1-2. The average molecular weight is 656 g/mol. The molecule has 1 atom stereocenters. The molecule has 2 aliphatic rings. The van der Waals surface area contributed by atoms with Crippen molar-refractivity contribution in [3.8, 4) is 22.3 Å². The molecule has 0 aliphatic heterocycles. The van der Waals surface area contributed by atoms with Gasteiger partial charge in [0.1, 0.15) is 6.04 Å². The molecule has 49 heavy (non-hydrogen) atoms. The fraction of sp³-hybridized carbons (Fsp3) is 0.349. The van der Waals surface area contributed by atoms with Gasteiger partial charge in [0.15, 0.2) is 0 Å². The molecule has 0 aromatic heterocycles. The van der Waals surface area contributed by atoms with E-state index in [1.807, 2.05) is 11.0 Å². The fourth-order valence-corrected chi connectivity index (χ4v) is 7.37. The van der Waals surface area contributed by atoms with E-state index in [-0.39, 0.29) is 17.9 Å². The molecule has 6 heteroatoms. The van der Waals surface area contributed by atoms with Crippen LogP contribution >= 0.6 is 0 Å². The van der Waals surface area contributed by atoms with Gasteiger partial charge in [-0.3, -0.25) is 9.80 Å². The number of hydrazine groups is 1. The first-order valence-corrected chi connectivity index (χ1v) is 18.0. The molecule has 0 spiro atoms. The van der Waals surface area contributed by atoms with Crippen LogP contribution in [0.5, 0.6) is 0 Å². The summed E-state index contributed by atoms with van der Waals surface area (Å²) < 4.78 is 5.89. The smallest absolute Gasteiger partial charge is 0.330 e. The van der Waals surface area contributed by atoms with E-state index in [4.69, 9.17) is 4.74 Å². The summed E-state index contributed by atoms with van der Waals surface area (Å²) in [6, 6.07) is 29.3. The molecule has 0 bridgehead atoms. The zero-order valence-electron chi connectivity index (χ0n) is 29.2. The fourth-order valence-electron chi connectivity index (χ4n) is 7.37. The number of unbranched alkanes of at least 4 members (excludes halogenated alkanes) is 3. The molecular formula is C43H49N3O3. The second-order valence-electron chi connectivity index (χ2n) is 13.5. The van der Waals surface area contributed by atoms with Crippen LogP contribution in [0, 0.1) is 0 Å². The number of nitrogens with zero attached hydrogens (tertiary/aromatic N) is 2. The van der Waals surface area contributed by atoms with Crippen molar-refractivity contribution in [2.24, 2.45) is 0 Å². The highest BCUT2D eigenvalue weighted by Gasteiger charge is 2.32. The largest absolute Gasteiger partial charge is 0.464 e. The highest BCUT2D eigenvalue weighted by molar-refractivity contribution is 6.02. The topological polar surface area (TPSA) is 61.9 Å². The van der Waals surface area contributed by atoms with Crippen molar-refractivity contribution in [2.45, 2.75) is 84.2 Å². The third kappa shape index (κ3) is 7.35. The maximum atomic E-state index is 13.9. The van der Waals surface area contributed by atoms with Crippen LogP contribution < -0.4 is 15.3 Å². The Morgan fingerprint density at radius 3 is 1.98 bits per heavy atom. The van der Waals surface area contributed by atoms with Gasteiger partial charge in [-0.1, -0.05) is 106 Å². The first-order chi connectivity index (χ1) is 23.9. The van der Waals surface area contributed by atoms with Crippen LogP contribution in [0.3, 0.4) is 0 Å². The number of amides is 1. The molecule has 254 valence electrons. The van der Waals surface area contributed by atoms with E-state index in [0.29, 0.717) is 19.6 Å². The van der Waals surface area contributed by atoms with Crippen LogP contribution in [0.4, 0.5) is 11.4 Å². The number of hydrogen-bond acceptors (Lipinski definition) is 5.